The van der Waals surface area contributed by atoms with E-state index < -0.39 is 0 Å². The van der Waals surface area contributed by atoms with Gasteiger partial charge in [-0.05, 0) is 58.7 Å². The summed E-state index contributed by atoms with van der Waals surface area (Å²) < 4.78 is 5.47. The topological polar surface area (TPSA) is 65.7 Å². The Hall–Kier alpha value is -0.830. The Bertz CT molecular complexity index is 522. The van der Waals surface area contributed by atoms with Gasteiger partial charge in [-0.3, -0.25) is 0 Å². The maximum Gasteiger partial charge on any atom is 0.191 e. The van der Waals surface area contributed by atoms with E-state index >= 15 is 0 Å². The number of aromatic nitrogens is 1. The average molecular weight is 477 g/mol. The second-order valence-corrected chi connectivity index (χ2v) is 7.05. The Labute approximate surface area is 175 Å². The van der Waals surface area contributed by atoms with Gasteiger partial charge >= 0.3 is 0 Å². The molecule has 2 rings (SSSR count). The third-order valence-electron chi connectivity index (χ3n) is 5.11. The van der Waals surface area contributed by atoms with Crippen LogP contribution in [0.1, 0.15) is 63.8 Å². The van der Waals surface area contributed by atoms with E-state index in [2.05, 4.69) is 59.6 Å². The summed E-state index contributed by atoms with van der Waals surface area (Å²) in [6.07, 6.45) is 4.69. The van der Waals surface area contributed by atoms with Crippen LogP contribution in [-0.4, -0.2) is 49.2 Å². The Morgan fingerprint density at radius 3 is 2.58 bits per heavy atom. The minimum absolute atomic E-state index is 0. The first kappa shape index (κ1) is 23.2. The third kappa shape index (κ3) is 7.42. The molecule has 0 radical (unpaired) electrons. The maximum atomic E-state index is 5.47. The summed E-state index contributed by atoms with van der Waals surface area (Å²) in [4.78, 5) is 7.06. The molecule has 1 aliphatic heterocycles. The van der Waals surface area contributed by atoms with E-state index in [4.69, 9.17) is 4.52 Å². The van der Waals surface area contributed by atoms with E-state index in [1.165, 1.54) is 25.9 Å². The highest BCUT2D eigenvalue weighted by molar-refractivity contribution is 14.0. The van der Waals surface area contributed by atoms with Gasteiger partial charge in [0.05, 0.1) is 5.69 Å². The molecule has 6 nitrogen and oxygen atoms in total. The SMILES string of the molecule is CCNC(=NCc1cc(C(CC)CC)no1)NCC1CCN(C)CC1.I. The number of piperidine rings is 1. The Morgan fingerprint density at radius 1 is 1.27 bits per heavy atom. The molecule has 2 N–H and O–H groups in total. The molecule has 7 heteroatoms. The van der Waals surface area contributed by atoms with Crippen LogP contribution >= 0.6 is 24.0 Å². The first-order valence-corrected chi connectivity index (χ1v) is 9.82. The summed E-state index contributed by atoms with van der Waals surface area (Å²) in [6.45, 7) is 11.2. The molecule has 0 unspecified atom stereocenters. The predicted molar refractivity (Wildman–Crippen MR) is 118 cm³/mol. The summed E-state index contributed by atoms with van der Waals surface area (Å²) in [5, 5.41) is 11.0. The lowest BCUT2D eigenvalue weighted by Gasteiger charge is -2.29. The zero-order valence-corrected chi connectivity index (χ0v) is 19.1. The normalized spacial score (nSPS) is 16.6. The number of nitrogens with one attached hydrogen (secondary N) is 2. The van der Waals surface area contributed by atoms with Crippen molar-refractivity contribution < 1.29 is 4.52 Å². The number of likely N-dealkylation sites (tertiary alicyclic amines) is 1. The maximum absolute atomic E-state index is 5.47. The van der Waals surface area contributed by atoms with Gasteiger partial charge < -0.3 is 20.1 Å². The summed E-state index contributed by atoms with van der Waals surface area (Å²) in [7, 11) is 2.20. The van der Waals surface area contributed by atoms with Gasteiger partial charge in [-0.15, -0.1) is 24.0 Å². The molecule has 26 heavy (non-hydrogen) atoms. The number of aliphatic imine (C=N–C) groups is 1. The largest absolute Gasteiger partial charge is 0.359 e. The molecule has 1 saturated heterocycles. The fourth-order valence-corrected chi connectivity index (χ4v) is 3.31. The first-order valence-electron chi connectivity index (χ1n) is 9.82. The fourth-order valence-electron chi connectivity index (χ4n) is 3.31. The molecule has 0 spiro atoms. The molecule has 2 heterocycles. The number of hydrogen-bond acceptors (Lipinski definition) is 4. The van der Waals surface area contributed by atoms with E-state index in [1.54, 1.807) is 0 Å². The average Bonchev–Trinajstić information content (AvgIpc) is 3.09. The minimum atomic E-state index is 0. The van der Waals surface area contributed by atoms with Crippen molar-refractivity contribution in [2.45, 2.75) is 58.9 Å². The van der Waals surface area contributed by atoms with Crippen LogP contribution in [0.3, 0.4) is 0 Å². The molecular weight excluding hydrogens is 441 g/mol. The van der Waals surface area contributed by atoms with E-state index in [9.17, 15) is 0 Å². The molecule has 0 aliphatic carbocycles. The molecule has 1 aromatic rings. The molecule has 0 aromatic carbocycles. The van der Waals surface area contributed by atoms with Crippen molar-refractivity contribution in [1.29, 1.82) is 0 Å². The van der Waals surface area contributed by atoms with E-state index in [-0.39, 0.29) is 24.0 Å². The van der Waals surface area contributed by atoms with Gasteiger partial charge in [-0.1, -0.05) is 19.0 Å². The minimum Gasteiger partial charge on any atom is -0.359 e. The van der Waals surface area contributed by atoms with Gasteiger partial charge in [0.1, 0.15) is 6.54 Å². The number of hydrogen-bond donors (Lipinski definition) is 2. The summed E-state index contributed by atoms with van der Waals surface area (Å²) in [5.74, 6) is 2.91. The van der Waals surface area contributed by atoms with Gasteiger partial charge in [0, 0.05) is 25.1 Å². The van der Waals surface area contributed by atoms with Gasteiger partial charge in [0.2, 0.25) is 0 Å². The number of nitrogens with zero attached hydrogens (tertiary/aromatic N) is 3. The van der Waals surface area contributed by atoms with Gasteiger partial charge in [-0.25, -0.2) is 4.99 Å². The van der Waals surface area contributed by atoms with Crippen LogP contribution in [0.4, 0.5) is 0 Å². The number of guanidine groups is 1. The number of rotatable bonds is 8. The zero-order valence-electron chi connectivity index (χ0n) is 16.8. The van der Waals surface area contributed by atoms with Crippen LogP contribution in [0.5, 0.6) is 0 Å². The van der Waals surface area contributed by atoms with Crippen LogP contribution in [-0.2, 0) is 6.54 Å². The molecule has 0 amide bonds. The molecule has 0 bridgehead atoms. The van der Waals surface area contributed by atoms with Crippen molar-refractivity contribution >= 4 is 29.9 Å². The Kier molecular flexibility index (Phi) is 11.2. The summed E-state index contributed by atoms with van der Waals surface area (Å²) >= 11 is 0. The van der Waals surface area contributed by atoms with Crippen LogP contribution < -0.4 is 10.6 Å². The van der Waals surface area contributed by atoms with Crippen LogP contribution in [0.2, 0.25) is 0 Å². The van der Waals surface area contributed by atoms with Crippen molar-refractivity contribution in [3.8, 4) is 0 Å². The Morgan fingerprint density at radius 2 is 1.96 bits per heavy atom. The standard InChI is InChI=1S/C19H35N5O.HI/c1-5-16(6-2)18-12-17(25-23-18)14-22-19(20-7-3)21-13-15-8-10-24(4)11-9-15;/h12,15-16H,5-11,13-14H2,1-4H3,(H2,20,21,22);1H. The monoisotopic (exact) mass is 477 g/mol. The van der Waals surface area contributed by atoms with E-state index in [1.807, 2.05) is 0 Å². The summed E-state index contributed by atoms with van der Waals surface area (Å²) in [5.41, 5.74) is 1.06. The van der Waals surface area contributed by atoms with Gasteiger partial charge in [-0.2, -0.15) is 0 Å². The molecular formula is C19H36IN5O. The lowest BCUT2D eigenvalue weighted by molar-refractivity contribution is 0.220. The van der Waals surface area contributed by atoms with Crippen molar-refractivity contribution in [3.63, 3.8) is 0 Å². The molecule has 0 saturated carbocycles. The van der Waals surface area contributed by atoms with Crippen molar-refractivity contribution in [2.24, 2.45) is 10.9 Å². The van der Waals surface area contributed by atoms with Crippen molar-refractivity contribution in [3.05, 3.63) is 17.5 Å². The van der Waals surface area contributed by atoms with E-state index in [0.29, 0.717) is 12.5 Å². The van der Waals surface area contributed by atoms with E-state index in [0.717, 1.165) is 49.3 Å². The van der Waals surface area contributed by atoms with Crippen molar-refractivity contribution in [2.75, 3.05) is 33.2 Å². The number of halogens is 1. The highest BCUT2D eigenvalue weighted by Crippen LogP contribution is 2.22. The quantitative estimate of drug-likeness (QED) is 0.341. The highest BCUT2D eigenvalue weighted by atomic mass is 127. The van der Waals surface area contributed by atoms with Crippen LogP contribution in [0, 0.1) is 5.92 Å². The lowest BCUT2D eigenvalue weighted by Crippen LogP contribution is -2.42. The first-order chi connectivity index (χ1) is 12.2. The van der Waals surface area contributed by atoms with Crippen LogP contribution in [0.15, 0.2) is 15.6 Å². The fraction of sp³-hybridized carbons (Fsp3) is 0.789. The molecule has 0 atom stereocenters. The van der Waals surface area contributed by atoms with Crippen LogP contribution in [0.25, 0.3) is 0 Å². The van der Waals surface area contributed by atoms with Crippen molar-refractivity contribution in [1.82, 2.24) is 20.7 Å². The second-order valence-electron chi connectivity index (χ2n) is 7.05. The van der Waals surface area contributed by atoms with Gasteiger partial charge in [0.25, 0.3) is 0 Å². The lowest BCUT2D eigenvalue weighted by atomic mass is 9.97. The molecule has 1 fully saturated rings. The molecule has 1 aliphatic rings. The second kappa shape index (κ2) is 12.5. The summed E-state index contributed by atoms with van der Waals surface area (Å²) in [6, 6.07) is 2.06. The Balaban J connectivity index is 0.00000338. The molecule has 150 valence electrons. The van der Waals surface area contributed by atoms with Gasteiger partial charge in [0.15, 0.2) is 11.7 Å². The smallest absolute Gasteiger partial charge is 0.191 e. The predicted octanol–water partition coefficient (Wildman–Crippen LogP) is 3.59. The zero-order chi connectivity index (χ0) is 18.1. The highest BCUT2D eigenvalue weighted by Gasteiger charge is 2.17. The third-order valence-corrected chi connectivity index (χ3v) is 5.11. The molecule has 1 aromatic heterocycles.